The molecule has 1 heterocycles. The Hall–Kier alpha value is -4.25. The minimum Gasteiger partial charge on any atom is -0.457 e. The molecule has 0 aliphatic heterocycles. The van der Waals surface area contributed by atoms with Crippen molar-refractivity contribution in [2.45, 2.75) is 19.0 Å². The summed E-state index contributed by atoms with van der Waals surface area (Å²) in [5.74, 6) is 1.63. The summed E-state index contributed by atoms with van der Waals surface area (Å²) in [6, 6.07) is 25.7. The van der Waals surface area contributed by atoms with Crippen molar-refractivity contribution in [1.82, 2.24) is 9.55 Å². The Morgan fingerprint density at radius 2 is 1.45 bits per heavy atom. The van der Waals surface area contributed by atoms with Gasteiger partial charge in [0, 0.05) is 29.0 Å². The molecule has 0 unspecified atom stereocenters. The summed E-state index contributed by atoms with van der Waals surface area (Å²) < 4.78 is 69.5. The van der Waals surface area contributed by atoms with E-state index in [9.17, 15) is 21.6 Å². The maximum Gasteiger partial charge on any atom is 0.516 e. The van der Waals surface area contributed by atoms with Crippen LogP contribution in [0.25, 0.3) is 34.5 Å². The van der Waals surface area contributed by atoms with Gasteiger partial charge >= 0.3 is 15.5 Å². The summed E-state index contributed by atoms with van der Waals surface area (Å²) in [7, 11) is -5.49. The van der Waals surface area contributed by atoms with Gasteiger partial charge in [-0.15, -0.1) is 0 Å². The number of aryl methyl sites for hydroxylation is 1. The molecule has 0 aliphatic rings. The molecular weight excluding hydrogens is 634 g/mol. The molecule has 226 valence electrons. The van der Waals surface area contributed by atoms with Crippen LogP contribution in [0.5, 0.6) is 11.5 Å². The van der Waals surface area contributed by atoms with Crippen molar-refractivity contribution in [2.75, 3.05) is 4.72 Å². The zero-order valence-electron chi connectivity index (χ0n) is 23.0. The molecule has 5 rings (SSSR count). The van der Waals surface area contributed by atoms with Crippen LogP contribution in [0.15, 0.2) is 97.2 Å². The summed E-state index contributed by atoms with van der Waals surface area (Å²) in [6.45, 7) is 2.78. The molecule has 4 aromatic carbocycles. The highest BCUT2D eigenvalue weighted by Gasteiger charge is 2.46. The molecule has 0 saturated heterocycles. The van der Waals surface area contributed by atoms with Crippen molar-refractivity contribution >= 4 is 51.1 Å². The van der Waals surface area contributed by atoms with E-state index >= 15 is 0 Å². The highest BCUT2D eigenvalue weighted by atomic mass is 35.5. The third-order valence-corrected chi connectivity index (χ3v) is 8.19. The lowest BCUT2D eigenvalue weighted by atomic mass is 10.0. The minimum absolute atomic E-state index is 0.230. The number of ether oxygens (including phenoxy) is 1. The third-order valence-electron chi connectivity index (χ3n) is 6.53. The van der Waals surface area contributed by atoms with E-state index in [0.717, 1.165) is 40.3 Å². The number of rotatable bonds is 9. The first-order valence-electron chi connectivity index (χ1n) is 13.2. The van der Waals surface area contributed by atoms with E-state index in [2.05, 4.69) is 0 Å². The Morgan fingerprint density at radius 3 is 2.02 bits per heavy atom. The molecule has 0 radical (unpaired) electrons. The summed E-state index contributed by atoms with van der Waals surface area (Å²) in [6.07, 6.45) is 5.90. The van der Waals surface area contributed by atoms with Crippen molar-refractivity contribution < 1.29 is 26.3 Å². The van der Waals surface area contributed by atoms with Crippen molar-refractivity contribution in [3.8, 4) is 33.9 Å². The van der Waals surface area contributed by atoms with Gasteiger partial charge in [-0.25, -0.2) is 4.98 Å². The van der Waals surface area contributed by atoms with Gasteiger partial charge in [0.1, 0.15) is 17.3 Å². The van der Waals surface area contributed by atoms with Crippen molar-refractivity contribution in [1.29, 1.82) is 0 Å². The summed E-state index contributed by atoms with van der Waals surface area (Å²) in [5, 5.41) is 1.11. The van der Waals surface area contributed by atoms with E-state index in [1.54, 1.807) is 24.3 Å². The van der Waals surface area contributed by atoms with Gasteiger partial charge in [-0.05, 0) is 84.3 Å². The fourth-order valence-corrected chi connectivity index (χ4v) is 5.32. The molecule has 6 nitrogen and oxygen atoms in total. The fraction of sp³-hybridized carbons (Fsp3) is 0.0938. The Morgan fingerprint density at radius 1 is 0.864 bits per heavy atom. The van der Waals surface area contributed by atoms with Gasteiger partial charge in [0.05, 0.1) is 10.7 Å². The first-order chi connectivity index (χ1) is 20.9. The second kappa shape index (κ2) is 12.8. The molecule has 12 heteroatoms. The summed E-state index contributed by atoms with van der Waals surface area (Å²) in [5.41, 5.74) is -1.12. The molecule has 0 bridgehead atoms. The van der Waals surface area contributed by atoms with Crippen molar-refractivity contribution in [3.63, 3.8) is 0 Å². The lowest BCUT2D eigenvalue weighted by Gasteiger charge is -2.11. The molecule has 0 saturated carbocycles. The maximum absolute atomic E-state index is 12.6. The number of nitrogens with zero attached hydrogens (tertiary/aromatic N) is 2. The van der Waals surface area contributed by atoms with Crippen LogP contribution in [0.4, 0.5) is 18.9 Å². The topological polar surface area (TPSA) is 73.2 Å². The van der Waals surface area contributed by atoms with Gasteiger partial charge in [-0.1, -0.05) is 65.7 Å². The maximum atomic E-state index is 12.6. The summed E-state index contributed by atoms with van der Waals surface area (Å²) >= 11 is 12.4. The van der Waals surface area contributed by atoms with Gasteiger partial charge in [0.15, 0.2) is 0 Å². The number of anilines is 1. The van der Waals surface area contributed by atoms with Crippen LogP contribution >= 0.6 is 23.2 Å². The van der Waals surface area contributed by atoms with E-state index in [4.69, 9.17) is 32.9 Å². The number of hydrogen-bond donors (Lipinski definition) is 1. The molecule has 5 aromatic rings. The third kappa shape index (κ3) is 7.27. The predicted molar refractivity (Wildman–Crippen MR) is 169 cm³/mol. The lowest BCUT2D eigenvalue weighted by Crippen LogP contribution is -2.29. The molecule has 1 aromatic heterocycles. The predicted octanol–water partition coefficient (Wildman–Crippen LogP) is 9.77. The van der Waals surface area contributed by atoms with Crippen molar-refractivity contribution in [3.05, 3.63) is 119 Å². The first kappa shape index (κ1) is 31.2. The molecule has 0 atom stereocenters. The SMILES string of the molecule is CCn1cc(-c2ccc(Cl)cc2Cl)nc1/C=C/c1ccc(-c2ccc(Oc3ccc(NS(=O)(=O)C(F)(F)F)cc3)cc2)cc1. The Kier molecular flexibility index (Phi) is 9.05. The van der Waals surface area contributed by atoms with Crippen molar-refractivity contribution in [2.24, 2.45) is 0 Å². The van der Waals surface area contributed by atoms with Crippen LogP contribution in [0.3, 0.4) is 0 Å². The number of alkyl halides is 3. The zero-order valence-corrected chi connectivity index (χ0v) is 25.3. The van der Waals surface area contributed by atoms with Gasteiger partial charge < -0.3 is 9.30 Å². The second-order valence-electron chi connectivity index (χ2n) is 9.55. The number of sulfonamides is 1. The number of imidazole rings is 1. The Bertz CT molecular complexity index is 1910. The average molecular weight is 659 g/mol. The average Bonchev–Trinajstić information content (AvgIpc) is 3.40. The molecule has 1 N–H and O–H groups in total. The first-order valence-corrected chi connectivity index (χ1v) is 15.4. The zero-order chi connectivity index (χ0) is 31.5. The molecule has 0 aliphatic carbocycles. The number of aromatic nitrogens is 2. The standard InChI is InChI=1S/C32H24Cl2F3N3O3S/c1-2-40-20-30(28-17-10-24(33)19-29(28)34)38-31(40)18-5-21-3-6-22(7-4-21)23-8-13-26(14-9-23)43-27-15-11-25(12-16-27)39-44(41,42)32(35,36)37/h3-20,39H,2H2,1H3/b18-5+. The Labute approximate surface area is 262 Å². The largest absolute Gasteiger partial charge is 0.516 e. The monoisotopic (exact) mass is 657 g/mol. The number of hydrogen-bond acceptors (Lipinski definition) is 4. The van der Waals surface area contributed by atoms with Crippen LogP contribution in [-0.2, 0) is 16.6 Å². The number of halogens is 5. The van der Waals surface area contributed by atoms with E-state index in [-0.39, 0.29) is 5.69 Å². The van der Waals surface area contributed by atoms with E-state index < -0.39 is 15.5 Å². The normalized spacial score (nSPS) is 12.0. The molecule has 0 fully saturated rings. The second-order valence-corrected chi connectivity index (χ2v) is 12.1. The van der Waals surface area contributed by atoms with Crippen LogP contribution in [0.2, 0.25) is 10.0 Å². The highest BCUT2D eigenvalue weighted by Crippen LogP contribution is 2.31. The molecular formula is C32H24Cl2F3N3O3S. The molecule has 0 amide bonds. The molecule has 44 heavy (non-hydrogen) atoms. The smallest absolute Gasteiger partial charge is 0.457 e. The van der Waals surface area contributed by atoms with Gasteiger partial charge in [0.2, 0.25) is 0 Å². The quantitative estimate of drug-likeness (QED) is 0.171. The van der Waals surface area contributed by atoms with E-state index in [0.29, 0.717) is 21.5 Å². The fourth-order valence-electron chi connectivity index (χ4n) is 4.26. The minimum atomic E-state index is -5.49. The van der Waals surface area contributed by atoms with Gasteiger partial charge in [0.25, 0.3) is 0 Å². The van der Waals surface area contributed by atoms with Crippen LogP contribution in [0.1, 0.15) is 18.3 Å². The lowest BCUT2D eigenvalue weighted by molar-refractivity contribution is -0.0429. The van der Waals surface area contributed by atoms with E-state index in [1.165, 1.54) is 29.0 Å². The summed E-state index contributed by atoms with van der Waals surface area (Å²) in [4.78, 5) is 4.76. The van der Waals surface area contributed by atoms with Crippen LogP contribution in [0, 0.1) is 0 Å². The molecule has 0 spiro atoms. The number of nitrogens with one attached hydrogen (secondary N) is 1. The Balaban J connectivity index is 1.23. The van der Waals surface area contributed by atoms with Crippen LogP contribution in [-0.4, -0.2) is 23.5 Å². The highest BCUT2D eigenvalue weighted by molar-refractivity contribution is 7.93. The number of benzene rings is 4. The van der Waals surface area contributed by atoms with Gasteiger partial charge in [-0.2, -0.15) is 21.6 Å². The van der Waals surface area contributed by atoms with Gasteiger partial charge in [-0.3, -0.25) is 4.72 Å². The van der Waals surface area contributed by atoms with Crippen LogP contribution < -0.4 is 9.46 Å². The van der Waals surface area contributed by atoms with E-state index in [1.807, 2.05) is 72.3 Å².